The van der Waals surface area contributed by atoms with Crippen molar-refractivity contribution in [2.24, 2.45) is 11.1 Å². The molecule has 1 rings (SSSR count). The summed E-state index contributed by atoms with van der Waals surface area (Å²) >= 11 is 11.8. The monoisotopic (exact) mass is 283 g/mol. The molecule has 0 amide bonds. The molecule has 92 valence electrons. The molecule has 1 aromatic rings. The molecule has 0 aliphatic carbocycles. The summed E-state index contributed by atoms with van der Waals surface area (Å²) in [4.78, 5) is 0. The second-order valence-corrected chi connectivity index (χ2v) is 5.20. The van der Waals surface area contributed by atoms with Gasteiger partial charge in [0.2, 0.25) is 0 Å². The number of hydrogen-bond donors (Lipinski definition) is 2. The van der Waals surface area contributed by atoms with Crippen LogP contribution in [0.15, 0.2) is 18.2 Å². The van der Waals surface area contributed by atoms with Crippen LogP contribution in [-0.2, 0) is 0 Å². The normalized spacial score (nSPS) is 13.1. The third-order valence-electron chi connectivity index (χ3n) is 2.49. The molecule has 0 aliphatic rings. The van der Waals surface area contributed by atoms with E-state index in [1.165, 1.54) is 0 Å². The second-order valence-electron chi connectivity index (χ2n) is 4.33. The zero-order chi connectivity index (χ0) is 11.6. The number of hydrogen-bond acceptors (Lipinski definition) is 2. The van der Waals surface area contributed by atoms with Crippen LogP contribution in [0, 0.1) is 5.41 Å². The van der Waals surface area contributed by atoms with Gasteiger partial charge >= 0.3 is 0 Å². The van der Waals surface area contributed by atoms with Gasteiger partial charge in [0.05, 0.1) is 0 Å². The summed E-state index contributed by atoms with van der Waals surface area (Å²) in [5, 5.41) is 10.3. The van der Waals surface area contributed by atoms with E-state index in [1.54, 1.807) is 18.2 Å². The van der Waals surface area contributed by atoms with Crippen molar-refractivity contribution in [1.82, 2.24) is 0 Å². The quantitative estimate of drug-likeness (QED) is 0.893. The predicted molar refractivity (Wildman–Crippen MR) is 71.5 cm³/mol. The summed E-state index contributed by atoms with van der Waals surface area (Å²) in [5.74, 6) is 0. The van der Waals surface area contributed by atoms with Crippen molar-refractivity contribution in [2.45, 2.75) is 19.9 Å². The van der Waals surface area contributed by atoms with Crippen molar-refractivity contribution in [3.63, 3.8) is 0 Å². The fourth-order valence-electron chi connectivity index (χ4n) is 1.30. The number of nitrogens with two attached hydrogens (primary N) is 1. The Balaban J connectivity index is 0.00000225. The molecule has 0 aliphatic heterocycles. The van der Waals surface area contributed by atoms with Crippen LogP contribution in [0.1, 0.15) is 25.5 Å². The van der Waals surface area contributed by atoms with E-state index >= 15 is 0 Å². The first kappa shape index (κ1) is 16.0. The lowest BCUT2D eigenvalue weighted by Gasteiger charge is -2.29. The summed E-state index contributed by atoms with van der Waals surface area (Å²) in [6.45, 7) is 3.80. The smallest absolute Gasteiger partial charge is 0.0500 e. The first-order valence-corrected chi connectivity index (χ1v) is 5.45. The van der Waals surface area contributed by atoms with E-state index in [2.05, 4.69) is 0 Å². The standard InChI is InChI=1S/C11H15Cl2NO.ClH/c1-11(2,6-15)10(14)7-3-8(12)5-9(13)4-7;/h3-5,10,15H,6,14H2,1-2H3;1H/t10-;/m0./s1. The molecule has 5 heteroatoms. The Bertz CT molecular complexity index is 335. The van der Waals surface area contributed by atoms with E-state index in [9.17, 15) is 5.11 Å². The Morgan fingerprint density at radius 3 is 2.06 bits per heavy atom. The number of rotatable bonds is 3. The topological polar surface area (TPSA) is 46.2 Å². The van der Waals surface area contributed by atoms with E-state index in [4.69, 9.17) is 28.9 Å². The van der Waals surface area contributed by atoms with Gasteiger partial charge in [0, 0.05) is 28.1 Å². The molecule has 0 unspecified atom stereocenters. The van der Waals surface area contributed by atoms with Crippen molar-refractivity contribution in [3.8, 4) is 0 Å². The van der Waals surface area contributed by atoms with E-state index < -0.39 is 5.41 Å². The third kappa shape index (κ3) is 3.79. The highest BCUT2D eigenvalue weighted by atomic mass is 35.5. The Morgan fingerprint density at radius 2 is 1.69 bits per heavy atom. The van der Waals surface area contributed by atoms with Crippen LogP contribution in [-0.4, -0.2) is 11.7 Å². The number of aliphatic hydroxyl groups is 1. The Hall–Kier alpha value is 0.01000. The molecule has 0 saturated heterocycles. The lowest BCUT2D eigenvalue weighted by atomic mass is 9.82. The molecule has 0 bridgehead atoms. The summed E-state index contributed by atoms with van der Waals surface area (Å²) in [5.41, 5.74) is 6.49. The highest BCUT2D eigenvalue weighted by molar-refractivity contribution is 6.34. The summed E-state index contributed by atoms with van der Waals surface area (Å²) < 4.78 is 0. The van der Waals surface area contributed by atoms with Crippen molar-refractivity contribution in [1.29, 1.82) is 0 Å². The Kier molecular flexibility index (Phi) is 6.09. The Morgan fingerprint density at radius 1 is 1.25 bits per heavy atom. The number of aliphatic hydroxyl groups excluding tert-OH is 1. The fourth-order valence-corrected chi connectivity index (χ4v) is 1.85. The minimum atomic E-state index is -0.395. The molecule has 2 nitrogen and oxygen atoms in total. The van der Waals surface area contributed by atoms with Gasteiger partial charge in [0.25, 0.3) is 0 Å². The van der Waals surface area contributed by atoms with E-state index in [-0.39, 0.29) is 25.1 Å². The van der Waals surface area contributed by atoms with Gasteiger partial charge in [-0.3, -0.25) is 0 Å². The zero-order valence-electron chi connectivity index (χ0n) is 9.21. The highest BCUT2D eigenvalue weighted by Crippen LogP contribution is 2.33. The molecule has 0 fully saturated rings. The number of halogens is 3. The van der Waals surface area contributed by atoms with Gasteiger partial charge in [-0.25, -0.2) is 0 Å². The molecule has 0 spiro atoms. The van der Waals surface area contributed by atoms with Crippen LogP contribution >= 0.6 is 35.6 Å². The molecule has 0 saturated carbocycles. The SMILES string of the molecule is CC(C)(CO)[C@@H](N)c1cc(Cl)cc(Cl)c1.Cl. The van der Waals surface area contributed by atoms with Crippen molar-refractivity contribution >= 4 is 35.6 Å². The van der Waals surface area contributed by atoms with Crippen molar-refractivity contribution < 1.29 is 5.11 Å². The average molecular weight is 285 g/mol. The molecule has 0 heterocycles. The Labute approximate surface area is 112 Å². The molecule has 1 aromatic carbocycles. The maximum absolute atomic E-state index is 9.22. The fraction of sp³-hybridized carbons (Fsp3) is 0.455. The zero-order valence-corrected chi connectivity index (χ0v) is 11.5. The van der Waals surface area contributed by atoms with Gasteiger partial charge in [-0.2, -0.15) is 0 Å². The lowest BCUT2D eigenvalue weighted by Crippen LogP contribution is -2.32. The third-order valence-corrected chi connectivity index (χ3v) is 2.93. The highest BCUT2D eigenvalue weighted by Gasteiger charge is 2.27. The first-order valence-electron chi connectivity index (χ1n) is 4.69. The summed E-state index contributed by atoms with van der Waals surface area (Å²) in [6, 6.07) is 4.91. The van der Waals surface area contributed by atoms with Gasteiger partial charge < -0.3 is 10.8 Å². The van der Waals surface area contributed by atoms with Crippen LogP contribution in [0.5, 0.6) is 0 Å². The van der Waals surface area contributed by atoms with Crippen molar-refractivity contribution in [2.75, 3.05) is 6.61 Å². The van der Waals surface area contributed by atoms with Crippen LogP contribution in [0.25, 0.3) is 0 Å². The van der Waals surface area contributed by atoms with E-state index in [1.807, 2.05) is 13.8 Å². The number of benzene rings is 1. The molecular weight excluding hydrogens is 268 g/mol. The van der Waals surface area contributed by atoms with Crippen LogP contribution in [0.3, 0.4) is 0 Å². The van der Waals surface area contributed by atoms with Gasteiger partial charge in [0.15, 0.2) is 0 Å². The molecule has 1 atom stereocenters. The lowest BCUT2D eigenvalue weighted by molar-refractivity contribution is 0.132. The minimum absolute atomic E-state index is 0. The van der Waals surface area contributed by atoms with Gasteiger partial charge in [-0.05, 0) is 23.8 Å². The van der Waals surface area contributed by atoms with Gasteiger partial charge in [0.1, 0.15) is 0 Å². The summed E-state index contributed by atoms with van der Waals surface area (Å²) in [6.07, 6.45) is 0. The van der Waals surface area contributed by atoms with Gasteiger partial charge in [-0.1, -0.05) is 37.0 Å². The maximum atomic E-state index is 9.22. The largest absolute Gasteiger partial charge is 0.396 e. The van der Waals surface area contributed by atoms with Crippen LogP contribution in [0.2, 0.25) is 10.0 Å². The van der Waals surface area contributed by atoms with E-state index in [0.717, 1.165) is 5.56 Å². The predicted octanol–water partition coefficient (Wildman–Crippen LogP) is 3.43. The maximum Gasteiger partial charge on any atom is 0.0500 e. The first-order chi connectivity index (χ1) is 6.86. The second kappa shape index (κ2) is 6.08. The molecule has 0 aromatic heterocycles. The summed E-state index contributed by atoms with van der Waals surface area (Å²) in [7, 11) is 0. The van der Waals surface area contributed by atoms with Crippen molar-refractivity contribution in [3.05, 3.63) is 33.8 Å². The molecule has 0 radical (unpaired) electrons. The minimum Gasteiger partial charge on any atom is -0.396 e. The average Bonchev–Trinajstić information content (AvgIpc) is 2.15. The van der Waals surface area contributed by atoms with Gasteiger partial charge in [-0.15, -0.1) is 12.4 Å². The molecule has 3 N–H and O–H groups in total. The van der Waals surface area contributed by atoms with Crippen LogP contribution in [0.4, 0.5) is 0 Å². The van der Waals surface area contributed by atoms with E-state index in [0.29, 0.717) is 10.0 Å². The van der Waals surface area contributed by atoms with Crippen LogP contribution < -0.4 is 5.73 Å². The molecular formula is C11H16Cl3NO. The molecule has 16 heavy (non-hydrogen) atoms.